The minimum atomic E-state index is -0.547. The SMILES string of the molecule is CCCNC(=O)/C(C#N)=C/c1ccc(OC(=O)/C=C/c2ccc(C)cc2)c(OC)c1. The average molecular weight is 404 g/mol. The van der Waals surface area contributed by atoms with E-state index in [2.05, 4.69) is 5.32 Å². The molecule has 1 N–H and O–H groups in total. The molecule has 2 rings (SSSR count). The van der Waals surface area contributed by atoms with E-state index in [9.17, 15) is 14.9 Å². The van der Waals surface area contributed by atoms with Crippen molar-refractivity contribution in [3.63, 3.8) is 0 Å². The molecule has 0 atom stereocenters. The van der Waals surface area contributed by atoms with Crippen LogP contribution >= 0.6 is 0 Å². The normalized spacial score (nSPS) is 11.1. The number of nitrogens with zero attached hydrogens (tertiary/aromatic N) is 1. The second-order valence-electron chi connectivity index (χ2n) is 6.50. The number of rotatable bonds is 8. The van der Waals surface area contributed by atoms with Gasteiger partial charge in [-0.05, 0) is 48.8 Å². The Labute approximate surface area is 176 Å². The van der Waals surface area contributed by atoms with E-state index in [-0.39, 0.29) is 11.3 Å². The number of methoxy groups -OCH3 is 1. The van der Waals surface area contributed by atoms with Crippen molar-refractivity contribution in [1.82, 2.24) is 5.32 Å². The lowest BCUT2D eigenvalue weighted by Gasteiger charge is -2.09. The second-order valence-corrected chi connectivity index (χ2v) is 6.50. The van der Waals surface area contributed by atoms with Crippen molar-refractivity contribution in [2.24, 2.45) is 0 Å². The Morgan fingerprint density at radius 1 is 1.10 bits per heavy atom. The largest absolute Gasteiger partial charge is 0.493 e. The fourth-order valence-corrected chi connectivity index (χ4v) is 2.49. The predicted octanol–water partition coefficient (Wildman–Crippen LogP) is 4.06. The van der Waals surface area contributed by atoms with Gasteiger partial charge in [-0.15, -0.1) is 0 Å². The molecule has 0 aliphatic heterocycles. The quantitative estimate of drug-likeness (QED) is 0.310. The highest BCUT2D eigenvalue weighted by Gasteiger charge is 2.11. The van der Waals surface area contributed by atoms with Gasteiger partial charge in [-0.2, -0.15) is 5.26 Å². The molecule has 0 saturated heterocycles. The summed E-state index contributed by atoms with van der Waals surface area (Å²) in [4.78, 5) is 24.1. The first-order valence-electron chi connectivity index (χ1n) is 9.51. The molecule has 1 amide bonds. The van der Waals surface area contributed by atoms with E-state index in [1.165, 1.54) is 19.3 Å². The van der Waals surface area contributed by atoms with Gasteiger partial charge >= 0.3 is 5.97 Å². The number of amides is 1. The summed E-state index contributed by atoms with van der Waals surface area (Å²) in [6, 6.07) is 14.4. The Morgan fingerprint density at radius 3 is 2.43 bits per heavy atom. The Hall–Kier alpha value is -3.85. The molecule has 0 unspecified atom stereocenters. The van der Waals surface area contributed by atoms with Gasteiger partial charge in [-0.1, -0.05) is 42.8 Å². The van der Waals surface area contributed by atoms with Crippen molar-refractivity contribution < 1.29 is 19.1 Å². The monoisotopic (exact) mass is 404 g/mol. The third-order valence-corrected chi connectivity index (χ3v) is 4.10. The summed E-state index contributed by atoms with van der Waals surface area (Å²) in [6.07, 6.45) is 5.23. The Morgan fingerprint density at radius 2 is 1.80 bits per heavy atom. The number of aryl methyl sites for hydroxylation is 1. The molecular weight excluding hydrogens is 380 g/mol. The smallest absolute Gasteiger partial charge is 0.336 e. The van der Waals surface area contributed by atoms with E-state index in [1.54, 1.807) is 24.3 Å². The number of benzene rings is 2. The van der Waals surface area contributed by atoms with Crippen LogP contribution in [0.5, 0.6) is 11.5 Å². The van der Waals surface area contributed by atoms with Crippen molar-refractivity contribution in [1.29, 1.82) is 5.26 Å². The zero-order chi connectivity index (χ0) is 21.9. The van der Waals surface area contributed by atoms with Crippen molar-refractivity contribution in [3.8, 4) is 17.6 Å². The van der Waals surface area contributed by atoms with Crippen LogP contribution < -0.4 is 14.8 Å². The molecule has 30 heavy (non-hydrogen) atoms. The van der Waals surface area contributed by atoms with Crippen LogP contribution in [0.3, 0.4) is 0 Å². The number of ether oxygens (including phenoxy) is 2. The topological polar surface area (TPSA) is 88.4 Å². The summed E-state index contributed by atoms with van der Waals surface area (Å²) in [5.41, 5.74) is 2.58. The van der Waals surface area contributed by atoms with Crippen LogP contribution in [-0.2, 0) is 9.59 Å². The number of esters is 1. The maximum absolute atomic E-state index is 12.1. The predicted molar refractivity (Wildman–Crippen MR) is 116 cm³/mol. The summed E-state index contributed by atoms with van der Waals surface area (Å²) in [5, 5.41) is 11.9. The van der Waals surface area contributed by atoms with Gasteiger partial charge in [0.05, 0.1) is 7.11 Å². The number of hydrogen-bond acceptors (Lipinski definition) is 5. The Kier molecular flexibility index (Phi) is 8.40. The van der Waals surface area contributed by atoms with Crippen LogP contribution in [0.1, 0.15) is 30.0 Å². The van der Waals surface area contributed by atoms with E-state index >= 15 is 0 Å². The van der Waals surface area contributed by atoms with Gasteiger partial charge in [-0.3, -0.25) is 4.79 Å². The minimum Gasteiger partial charge on any atom is -0.493 e. The maximum Gasteiger partial charge on any atom is 0.336 e. The molecule has 0 aromatic heterocycles. The van der Waals surface area contributed by atoms with Gasteiger partial charge in [0.15, 0.2) is 11.5 Å². The minimum absolute atomic E-state index is 0.0173. The van der Waals surface area contributed by atoms with Crippen molar-refractivity contribution in [2.45, 2.75) is 20.3 Å². The first kappa shape index (κ1) is 22.4. The van der Waals surface area contributed by atoms with Gasteiger partial charge < -0.3 is 14.8 Å². The lowest BCUT2D eigenvalue weighted by Crippen LogP contribution is -2.25. The molecule has 0 bridgehead atoms. The summed E-state index contributed by atoms with van der Waals surface area (Å²) in [6.45, 7) is 4.41. The fourth-order valence-electron chi connectivity index (χ4n) is 2.49. The molecule has 6 heteroatoms. The highest BCUT2D eigenvalue weighted by atomic mass is 16.6. The van der Waals surface area contributed by atoms with Gasteiger partial charge in [0.1, 0.15) is 11.6 Å². The number of carbonyl (C=O) groups excluding carboxylic acids is 2. The summed E-state index contributed by atoms with van der Waals surface area (Å²) >= 11 is 0. The molecule has 0 saturated carbocycles. The molecule has 0 spiro atoms. The van der Waals surface area contributed by atoms with E-state index in [4.69, 9.17) is 9.47 Å². The lowest BCUT2D eigenvalue weighted by molar-refractivity contribution is -0.129. The molecule has 154 valence electrons. The van der Waals surface area contributed by atoms with Crippen LogP contribution in [0.4, 0.5) is 0 Å². The summed E-state index contributed by atoms with van der Waals surface area (Å²) < 4.78 is 10.6. The third kappa shape index (κ3) is 6.64. The van der Waals surface area contributed by atoms with Crippen LogP contribution in [-0.4, -0.2) is 25.5 Å². The highest BCUT2D eigenvalue weighted by Crippen LogP contribution is 2.29. The zero-order valence-electron chi connectivity index (χ0n) is 17.3. The van der Waals surface area contributed by atoms with Gasteiger partial charge in [0.25, 0.3) is 5.91 Å². The first-order valence-corrected chi connectivity index (χ1v) is 9.51. The molecule has 2 aromatic rings. The second kappa shape index (κ2) is 11.2. The summed E-state index contributed by atoms with van der Waals surface area (Å²) in [5.74, 6) is -0.432. The number of nitrogens with one attached hydrogen (secondary N) is 1. The maximum atomic E-state index is 12.1. The molecule has 2 aromatic carbocycles. The van der Waals surface area contributed by atoms with Crippen molar-refractivity contribution in [3.05, 3.63) is 70.8 Å². The van der Waals surface area contributed by atoms with E-state index < -0.39 is 11.9 Å². The number of hydrogen-bond donors (Lipinski definition) is 1. The van der Waals surface area contributed by atoms with E-state index in [0.717, 1.165) is 17.5 Å². The molecule has 0 aliphatic carbocycles. The van der Waals surface area contributed by atoms with Crippen molar-refractivity contribution >= 4 is 24.0 Å². The number of nitriles is 1. The number of carbonyl (C=O) groups is 2. The van der Waals surface area contributed by atoms with Crippen LogP contribution in [0.15, 0.2) is 54.1 Å². The van der Waals surface area contributed by atoms with E-state index in [0.29, 0.717) is 17.9 Å². The van der Waals surface area contributed by atoms with Gasteiger partial charge in [0.2, 0.25) is 0 Å². The van der Waals surface area contributed by atoms with Crippen LogP contribution in [0.25, 0.3) is 12.2 Å². The van der Waals surface area contributed by atoms with E-state index in [1.807, 2.05) is 44.2 Å². The lowest BCUT2D eigenvalue weighted by atomic mass is 10.1. The third-order valence-electron chi connectivity index (χ3n) is 4.10. The summed E-state index contributed by atoms with van der Waals surface area (Å²) in [7, 11) is 1.45. The fraction of sp³-hybridized carbons (Fsp3) is 0.208. The van der Waals surface area contributed by atoms with Gasteiger partial charge in [0, 0.05) is 12.6 Å². The van der Waals surface area contributed by atoms with Crippen molar-refractivity contribution in [2.75, 3.05) is 13.7 Å². The van der Waals surface area contributed by atoms with Gasteiger partial charge in [-0.25, -0.2) is 4.79 Å². The molecule has 0 radical (unpaired) electrons. The average Bonchev–Trinajstić information content (AvgIpc) is 2.76. The molecular formula is C24H24N2O4. The highest BCUT2D eigenvalue weighted by molar-refractivity contribution is 6.01. The molecule has 0 aliphatic rings. The van der Waals surface area contributed by atoms with Crippen LogP contribution in [0.2, 0.25) is 0 Å². The Bertz CT molecular complexity index is 999. The standard InChI is InChI=1S/C24H24N2O4/c1-4-13-26-24(28)20(16-25)14-19-9-11-21(22(15-19)29-3)30-23(27)12-10-18-7-5-17(2)6-8-18/h5-12,14-15H,4,13H2,1-3H3,(H,26,28)/b12-10+,20-14+. The van der Waals surface area contributed by atoms with Crippen LogP contribution in [0, 0.1) is 18.3 Å². The Balaban J connectivity index is 2.14. The first-order chi connectivity index (χ1) is 14.5. The molecule has 6 nitrogen and oxygen atoms in total. The zero-order valence-corrected chi connectivity index (χ0v) is 17.3. The molecule has 0 heterocycles. The molecule has 0 fully saturated rings.